The van der Waals surface area contributed by atoms with E-state index in [4.69, 9.17) is 14.8 Å². The average Bonchev–Trinajstić information content (AvgIpc) is 2.92. The van der Waals surface area contributed by atoms with Gasteiger partial charge in [-0.15, -0.1) is 0 Å². The molecule has 6 nitrogen and oxygen atoms in total. The normalized spacial score (nSPS) is 15.1. The van der Waals surface area contributed by atoms with Gasteiger partial charge in [-0.3, -0.25) is 4.79 Å². The SMILES string of the molecule is CC1=N/C(=C\c2ccc(OCc3ccc(B(O)O)cc3)cc2)C(=O)N1. The second-order valence-corrected chi connectivity index (χ2v) is 5.65. The van der Waals surface area contributed by atoms with Crippen molar-refractivity contribution in [2.75, 3.05) is 0 Å². The van der Waals surface area contributed by atoms with Crippen molar-refractivity contribution < 1.29 is 19.6 Å². The van der Waals surface area contributed by atoms with Crippen molar-refractivity contribution in [2.24, 2.45) is 4.99 Å². The third kappa shape index (κ3) is 4.35. The van der Waals surface area contributed by atoms with Gasteiger partial charge in [0.2, 0.25) is 0 Å². The van der Waals surface area contributed by atoms with Gasteiger partial charge in [0.1, 0.15) is 23.9 Å². The number of aliphatic imine (C=N–C) groups is 1. The molecule has 7 heteroatoms. The fourth-order valence-corrected chi connectivity index (χ4v) is 2.36. The van der Waals surface area contributed by atoms with Crippen LogP contribution in [-0.2, 0) is 11.4 Å². The number of amidine groups is 1. The van der Waals surface area contributed by atoms with Gasteiger partial charge >= 0.3 is 7.12 Å². The maximum absolute atomic E-state index is 11.6. The Bertz CT molecular complexity index is 827. The molecule has 0 atom stereocenters. The molecule has 1 heterocycles. The van der Waals surface area contributed by atoms with E-state index in [0.29, 0.717) is 29.4 Å². The molecule has 0 unspecified atom stereocenters. The number of rotatable bonds is 5. The van der Waals surface area contributed by atoms with E-state index < -0.39 is 7.12 Å². The quantitative estimate of drug-likeness (QED) is 0.557. The van der Waals surface area contributed by atoms with Crippen molar-refractivity contribution in [3.8, 4) is 5.75 Å². The number of carbonyl (C=O) groups excluding carboxylic acids is 1. The zero-order valence-corrected chi connectivity index (χ0v) is 13.6. The Morgan fingerprint density at radius 1 is 1.12 bits per heavy atom. The molecule has 126 valence electrons. The summed E-state index contributed by atoms with van der Waals surface area (Å²) in [7, 11) is -1.47. The molecule has 0 bridgehead atoms. The molecule has 0 aromatic heterocycles. The molecule has 25 heavy (non-hydrogen) atoms. The number of nitrogens with zero attached hydrogens (tertiary/aromatic N) is 1. The Morgan fingerprint density at radius 2 is 1.80 bits per heavy atom. The van der Waals surface area contributed by atoms with Crippen LogP contribution in [0.1, 0.15) is 18.1 Å². The van der Waals surface area contributed by atoms with Crippen LogP contribution in [0, 0.1) is 0 Å². The summed E-state index contributed by atoms with van der Waals surface area (Å²) in [5.41, 5.74) is 2.60. The van der Waals surface area contributed by atoms with E-state index in [1.165, 1.54) is 0 Å². The summed E-state index contributed by atoms with van der Waals surface area (Å²) < 4.78 is 5.70. The highest BCUT2D eigenvalue weighted by Crippen LogP contribution is 2.17. The number of ether oxygens (including phenoxy) is 1. The van der Waals surface area contributed by atoms with Gasteiger partial charge in [-0.2, -0.15) is 0 Å². The lowest BCUT2D eigenvalue weighted by atomic mass is 9.80. The first-order valence-electron chi connectivity index (χ1n) is 7.77. The van der Waals surface area contributed by atoms with Crippen LogP contribution >= 0.6 is 0 Å². The van der Waals surface area contributed by atoms with Crippen molar-refractivity contribution in [2.45, 2.75) is 13.5 Å². The number of nitrogens with one attached hydrogen (secondary N) is 1. The number of hydrogen-bond donors (Lipinski definition) is 3. The van der Waals surface area contributed by atoms with Gasteiger partial charge in [0, 0.05) is 0 Å². The van der Waals surface area contributed by atoms with E-state index in [2.05, 4.69) is 10.3 Å². The standard InChI is InChI=1S/C18H17BN2O4/c1-12-20-17(18(22)21-12)10-13-4-8-16(9-5-13)25-11-14-2-6-15(7-3-14)19(23)24/h2-10,23-24H,11H2,1H3,(H,20,21,22)/b17-10-. The van der Waals surface area contributed by atoms with Crippen LogP contribution in [0.4, 0.5) is 0 Å². The van der Waals surface area contributed by atoms with E-state index >= 15 is 0 Å². The number of benzene rings is 2. The predicted molar refractivity (Wildman–Crippen MR) is 96.3 cm³/mol. The lowest BCUT2D eigenvalue weighted by Crippen LogP contribution is -2.29. The molecule has 1 amide bonds. The van der Waals surface area contributed by atoms with Gasteiger partial charge < -0.3 is 20.1 Å². The summed E-state index contributed by atoms with van der Waals surface area (Å²) in [6, 6.07) is 14.2. The van der Waals surface area contributed by atoms with Crippen molar-refractivity contribution in [1.82, 2.24) is 5.32 Å². The summed E-state index contributed by atoms with van der Waals surface area (Å²) in [6.07, 6.45) is 1.72. The van der Waals surface area contributed by atoms with Crippen molar-refractivity contribution in [3.05, 3.63) is 65.4 Å². The predicted octanol–water partition coefficient (Wildman–Crippen LogP) is 0.834. The molecule has 0 aliphatic carbocycles. The van der Waals surface area contributed by atoms with Gasteiger partial charge in [-0.05, 0) is 41.7 Å². The topological polar surface area (TPSA) is 91.2 Å². The lowest BCUT2D eigenvalue weighted by molar-refractivity contribution is -0.115. The van der Waals surface area contributed by atoms with Crippen molar-refractivity contribution in [1.29, 1.82) is 0 Å². The van der Waals surface area contributed by atoms with Crippen LogP contribution in [0.3, 0.4) is 0 Å². The Hall–Kier alpha value is -2.90. The first-order valence-corrected chi connectivity index (χ1v) is 7.77. The molecule has 0 saturated carbocycles. The highest BCUT2D eigenvalue weighted by atomic mass is 16.5. The smallest absolute Gasteiger partial charge is 0.488 e. The minimum Gasteiger partial charge on any atom is -0.489 e. The third-order valence-corrected chi connectivity index (χ3v) is 3.68. The van der Waals surface area contributed by atoms with Crippen LogP contribution in [0.25, 0.3) is 6.08 Å². The number of amides is 1. The van der Waals surface area contributed by atoms with Crippen LogP contribution in [0.2, 0.25) is 0 Å². The molecule has 3 rings (SSSR count). The average molecular weight is 336 g/mol. The molecule has 1 aliphatic heterocycles. The second kappa shape index (κ2) is 7.33. The van der Waals surface area contributed by atoms with Crippen LogP contribution in [0.15, 0.2) is 59.2 Å². The molecule has 0 fully saturated rings. The van der Waals surface area contributed by atoms with Crippen LogP contribution < -0.4 is 15.5 Å². The maximum Gasteiger partial charge on any atom is 0.488 e. The van der Waals surface area contributed by atoms with Crippen molar-refractivity contribution in [3.63, 3.8) is 0 Å². The monoisotopic (exact) mass is 336 g/mol. The van der Waals surface area contributed by atoms with Gasteiger partial charge in [0.05, 0.1) is 0 Å². The first-order chi connectivity index (χ1) is 12.0. The molecule has 1 aliphatic rings. The fourth-order valence-electron chi connectivity index (χ4n) is 2.36. The van der Waals surface area contributed by atoms with Gasteiger partial charge in [-0.1, -0.05) is 36.4 Å². The van der Waals surface area contributed by atoms with Gasteiger partial charge in [0.25, 0.3) is 5.91 Å². The Kier molecular flexibility index (Phi) is 4.97. The molecule has 0 saturated heterocycles. The van der Waals surface area contributed by atoms with E-state index in [1.54, 1.807) is 37.3 Å². The van der Waals surface area contributed by atoms with E-state index in [-0.39, 0.29) is 5.91 Å². The third-order valence-electron chi connectivity index (χ3n) is 3.68. The minimum absolute atomic E-state index is 0.200. The van der Waals surface area contributed by atoms with Gasteiger partial charge in [0.15, 0.2) is 0 Å². The van der Waals surface area contributed by atoms with Gasteiger partial charge in [-0.25, -0.2) is 4.99 Å². The maximum atomic E-state index is 11.6. The Balaban J connectivity index is 1.61. The first kappa shape index (κ1) is 16.9. The molecule has 2 aromatic carbocycles. The summed E-state index contributed by atoms with van der Waals surface area (Å²) in [6.45, 7) is 2.11. The lowest BCUT2D eigenvalue weighted by Gasteiger charge is -2.07. The van der Waals surface area contributed by atoms with Crippen LogP contribution in [0.5, 0.6) is 5.75 Å². The zero-order valence-electron chi connectivity index (χ0n) is 13.6. The second-order valence-electron chi connectivity index (χ2n) is 5.65. The van der Waals surface area contributed by atoms with E-state index in [9.17, 15) is 4.79 Å². The van der Waals surface area contributed by atoms with Crippen molar-refractivity contribution >= 4 is 30.4 Å². The molecule has 0 radical (unpaired) electrons. The highest BCUT2D eigenvalue weighted by molar-refractivity contribution is 6.58. The summed E-state index contributed by atoms with van der Waals surface area (Å²) in [5.74, 6) is 1.09. The zero-order chi connectivity index (χ0) is 17.8. The van der Waals surface area contributed by atoms with E-state index in [1.807, 2.05) is 24.3 Å². The molecule has 0 spiro atoms. The molecule has 2 aromatic rings. The minimum atomic E-state index is -1.47. The fraction of sp³-hybridized carbons (Fsp3) is 0.111. The molecule has 3 N–H and O–H groups in total. The number of hydrogen-bond acceptors (Lipinski definition) is 5. The number of carbonyl (C=O) groups is 1. The summed E-state index contributed by atoms with van der Waals surface area (Å²) in [5, 5.41) is 20.8. The Labute approximate surface area is 145 Å². The summed E-state index contributed by atoms with van der Waals surface area (Å²) in [4.78, 5) is 15.8. The van der Waals surface area contributed by atoms with E-state index in [0.717, 1.165) is 11.1 Å². The molecular weight excluding hydrogens is 319 g/mol. The van der Waals surface area contributed by atoms with Crippen LogP contribution in [-0.4, -0.2) is 28.9 Å². The summed E-state index contributed by atoms with van der Waals surface area (Å²) >= 11 is 0. The largest absolute Gasteiger partial charge is 0.489 e. The molecular formula is C18H17BN2O4. The highest BCUT2D eigenvalue weighted by Gasteiger charge is 2.16. The Morgan fingerprint density at radius 3 is 2.36 bits per heavy atom.